The molecule has 10 unspecified atom stereocenters. The van der Waals surface area contributed by atoms with Crippen molar-refractivity contribution in [3.63, 3.8) is 0 Å². The van der Waals surface area contributed by atoms with Gasteiger partial charge in [0.15, 0.2) is 78.9 Å². The van der Waals surface area contributed by atoms with Crippen LogP contribution >= 0.6 is 339 Å². The van der Waals surface area contributed by atoms with E-state index in [1.54, 1.807) is 24.3 Å². The third-order valence-corrected chi connectivity index (χ3v) is 36.6. The van der Waals surface area contributed by atoms with E-state index in [1.165, 1.54) is 36.4 Å². The summed E-state index contributed by atoms with van der Waals surface area (Å²) < 4.78 is 268. The number of esters is 9. The van der Waals surface area contributed by atoms with E-state index >= 15 is 0 Å². The van der Waals surface area contributed by atoms with Gasteiger partial charge in [-0.05, 0) is 530 Å². The minimum Gasteiger partial charge on any atom is -0.748 e. The van der Waals surface area contributed by atoms with Crippen molar-refractivity contribution in [2.24, 2.45) is 65.1 Å². The second-order valence-corrected chi connectivity index (χ2v) is 55.4. The average Bonchev–Trinajstić information content (AvgIpc) is 0.785. The van der Waals surface area contributed by atoms with E-state index in [-0.39, 0.29) is 83.4 Å². The summed E-state index contributed by atoms with van der Waals surface area (Å²) in [4.78, 5) is 115. The molecular formula is C83H67F6I15O30S4-4. The number of carbonyl (C=O) groups excluding carboxylic acids is 9. The molecule has 0 N–H and O–H groups in total. The van der Waals surface area contributed by atoms with Crippen molar-refractivity contribution in [1.82, 2.24) is 0 Å². The fourth-order valence-corrected chi connectivity index (χ4v) is 35.7. The van der Waals surface area contributed by atoms with Crippen LogP contribution in [-0.2, 0) is 93.0 Å². The molecule has 5 fully saturated rings. The zero-order valence-electron chi connectivity index (χ0n) is 69.5. The molecule has 5 aliphatic carbocycles. The molecule has 0 saturated heterocycles. The van der Waals surface area contributed by atoms with Gasteiger partial charge < -0.3 is 60.8 Å². The van der Waals surface area contributed by atoms with E-state index < -0.39 is 153 Å². The lowest BCUT2D eigenvalue weighted by Gasteiger charge is -2.43. The van der Waals surface area contributed by atoms with Gasteiger partial charge in [-0.25, -0.2) is 43.3 Å². The standard InChI is InChI=1S/C23H16F2I6O9S.C20H21F2I3O7S.C20H11F2I3O7S.C20H23I3O7S/c24-23(25,41(35,36)37)8-38-20(32)9-1-10(21(33)39-18-14(28)4-12(26)5-15(18)29)3-11(2-9)22(34)40-19-16(30)6-13(27)7-17(19)31;2*21-20(22,33(28,29)30)9-31-18(26)13-5-1-4-12-11(13)3-2-6-14(12)19(27)32-17-15(24)7-10(23)8-16(17)25;21-15-9-16(22)18(17(23)10-15)30-20(25)14-4-2-11-7-13(3-1-12(11)8-14)19(24)29-5-6-31(26,27)28/h4-7,9-11H,1-3,8H2,(H,35,36,37);7-8,11-14H,1-6,9H2,(H,28,29,30);1-8H,9H2,(H,28,29,30);9-14H,1-8H2,(H,26,27,28)/p-4. The predicted octanol–water partition coefficient (Wildman–Crippen LogP) is 21.0. The van der Waals surface area contributed by atoms with Crippen molar-refractivity contribution in [3.05, 3.63) is 162 Å². The highest BCUT2D eigenvalue weighted by molar-refractivity contribution is 14.1. The number of alkyl halides is 6. The predicted molar refractivity (Wildman–Crippen MR) is 604 cm³/mol. The average molecular weight is 3690 g/mol. The van der Waals surface area contributed by atoms with E-state index in [1.807, 2.05) is 172 Å². The van der Waals surface area contributed by atoms with Gasteiger partial charge in [-0.3, -0.25) is 33.6 Å². The van der Waals surface area contributed by atoms with E-state index in [4.69, 9.17) is 28.4 Å². The Morgan fingerprint density at radius 2 is 0.587 bits per heavy atom. The molecule has 0 aliphatic heterocycles. The van der Waals surface area contributed by atoms with Crippen LogP contribution in [0.2, 0.25) is 0 Å². The highest BCUT2D eigenvalue weighted by Crippen LogP contribution is 2.51. The Bertz CT molecular complexity index is 6140. The van der Waals surface area contributed by atoms with Gasteiger partial charge in [0.1, 0.15) is 6.61 Å². The number of benzene rings is 7. The second kappa shape index (κ2) is 53.0. The quantitative estimate of drug-likeness (QED) is 0.0121. The zero-order chi connectivity index (χ0) is 103. The van der Waals surface area contributed by atoms with Crippen LogP contribution in [0.3, 0.4) is 0 Å². The van der Waals surface area contributed by atoms with Gasteiger partial charge in [-0.15, -0.1) is 0 Å². The maximum Gasteiger partial charge on any atom is 0.367 e. The van der Waals surface area contributed by atoms with Crippen molar-refractivity contribution in [2.45, 2.75) is 112 Å². The Morgan fingerprint density at radius 3 is 0.920 bits per heavy atom. The summed E-state index contributed by atoms with van der Waals surface area (Å²) in [6.07, 6.45) is 7.60. The van der Waals surface area contributed by atoms with Gasteiger partial charge in [-0.1, -0.05) is 37.1 Å². The Kier molecular flexibility index (Phi) is 46.7. The maximum absolute atomic E-state index is 13.6. The molecule has 30 nitrogen and oxygen atoms in total. The van der Waals surface area contributed by atoms with Crippen LogP contribution in [0.4, 0.5) is 26.3 Å². The fourth-order valence-electron chi connectivity index (χ4n) is 15.8. The van der Waals surface area contributed by atoms with Gasteiger partial charge >= 0.3 is 69.5 Å². The lowest BCUT2D eigenvalue weighted by molar-refractivity contribution is -0.163. The number of fused-ring (bicyclic) bond motifs is 3. The molecule has 10 atom stereocenters. The molecule has 5 aliphatic rings. The summed E-state index contributed by atoms with van der Waals surface area (Å²) in [5.74, 6) is -9.90. The summed E-state index contributed by atoms with van der Waals surface area (Å²) in [6.45, 7) is -6.12. The number of ether oxygens (including phenoxy) is 9. The Labute approximate surface area is 991 Å². The smallest absolute Gasteiger partial charge is 0.367 e. The van der Waals surface area contributed by atoms with Gasteiger partial charge in [0, 0.05) is 17.9 Å². The first-order valence-electron chi connectivity index (χ1n) is 40.0. The SMILES string of the molecule is O=C(OCC(F)(F)S(=O)(=O)[O-])C1CC(C(=O)Oc2c(I)cc(I)cc2I)CC(C(=O)Oc2c(I)cc(I)cc2I)C1.O=C(OCC(F)(F)S(=O)(=O)[O-])C1CCCC2C(C(=O)Oc3c(I)cc(I)cc3I)CCCC12.O=C(OCC(F)(F)S(=O)(=O)[O-])c1cccc2c(C(=O)Oc3c(I)cc(I)cc3I)cccc12.O=C(OCCS(=O)(=O)[O-])C1CCC2CC(C(=O)Oc3c(I)cc(I)cc3I)CCC2C1. The molecule has 0 radical (unpaired) electrons. The Morgan fingerprint density at radius 1 is 0.312 bits per heavy atom. The van der Waals surface area contributed by atoms with Crippen LogP contribution in [-0.4, -0.2) is 154 Å². The Balaban J connectivity index is 0.000000207. The molecule has 12 rings (SSSR count). The van der Waals surface area contributed by atoms with Crippen LogP contribution in [0.5, 0.6) is 28.7 Å². The molecule has 0 spiro atoms. The van der Waals surface area contributed by atoms with Crippen molar-refractivity contribution in [2.75, 3.05) is 32.2 Å². The van der Waals surface area contributed by atoms with E-state index in [9.17, 15) is 121 Å². The number of hydrogen-bond acceptors (Lipinski definition) is 30. The third kappa shape index (κ3) is 34.1. The van der Waals surface area contributed by atoms with Crippen LogP contribution in [0.25, 0.3) is 10.8 Å². The van der Waals surface area contributed by atoms with Crippen LogP contribution in [0.1, 0.15) is 117 Å². The number of rotatable bonds is 26. The Hall–Kier alpha value is 0.200. The lowest BCUT2D eigenvalue weighted by atomic mass is 9.61. The summed E-state index contributed by atoms with van der Waals surface area (Å²) >= 11 is 31.5. The number of halogens is 21. The van der Waals surface area contributed by atoms with E-state index in [0.717, 1.165) is 65.0 Å². The van der Waals surface area contributed by atoms with Gasteiger partial charge in [-0.2, -0.15) is 26.3 Å². The van der Waals surface area contributed by atoms with Crippen molar-refractivity contribution in [3.8, 4) is 28.7 Å². The molecule has 0 bridgehead atoms. The minimum atomic E-state index is -6.08. The highest BCUT2D eigenvalue weighted by atomic mass is 127. The van der Waals surface area contributed by atoms with Crippen molar-refractivity contribution < 1.29 is 164 Å². The molecule has 7 aromatic rings. The van der Waals surface area contributed by atoms with Crippen molar-refractivity contribution in [1.29, 1.82) is 0 Å². The molecule has 55 heteroatoms. The van der Waals surface area contributed by atoms with Crippen LogP contribution < -0.4 is 23.7 Å². The summed E-state index contributed by atoms with van der Waals surface area (Å²) in [7, 11) is -22.4. The van der Waals surface area contributed by atoms with Gasteiger partial charge in [0.25, 0.3) is 0 Å². The molecule has 138 heavy (non-hydrogen) atoms. The zero-order valence-corrected chi connectivity index (χ0v) is 105. The summed E-state index contributed by atoms with van der Waals surface area (Å²) in [5, 5.41) is -13.8. The monoisotopic (exact) mass is 3690 g/mol. The molecule has 0 amide bonds. The number of hydrogen-bond donors (Lipinski definition) is 0. The number of carbonyl (C=O) groups is 9. The van der Waals surface area contributed by atoms with Crippen LogP contribution in [0, 0.1) is 119 Å². The minimum absolute atomic E-state index is 0.0540. The molecule has 0 aromatic heterocycles. The highest BCUT2D eigenvalue weighted by Gasteiger charge is 2.50. The molecule has 754 valence electrons. The van der Waals surface area contributed by atoms with E-state index in [2.05, 4.69) is 218 Å². The molecule has 7 aromatic carbocycles. The maximum atomic E-state index is 13.6. The third-order valence-electron chi connectivity index (χ3n) is 22.3. The van der Waals surface area contributed by atoms with Crippen molar-refractivity contribution >= 4 is 444 Å². The first-order valence-corrected chi connectivity index (χ1v) is 62.0. The summed E-state index contributed by atoms with van der Waals surface area (Å²) in [5.41, 5.74) is -0.0839. The van der Waals surface area contributed by atoms with Crippen LogP contribution in [0.15, 0.2) is 97.1 Å². The molecular weight excluding hydrogens is 3620 g/mol. The fraction of sp³-hybridized carbons (Fsp3) is 0.410. The van der Waals surface area contributed by atoms with Gasteiger partial charge in [0.2, 0.25) is 0 Å². The molecule has 0 heterocycles. The molecule has 5 saturated carbocycles. The largest absolute Gasteiger partial charge is 0.748 e. The normalized spacial score (nSPS) is 20.6. The first-order chi connectivity index (χ1) is 64.0. The first kappa shape index (κ1) is 122. The van der Waals surface area contributed by atoms with E-state index in [0.29, 0.717) is 106 Å². The summed E-state index contributed by atoms with van der Waals surface area (Å²) in [6, 6.07) is 27.2. The lowest BCUT2D eigenvalue weighted by Crippen LogP contribution is -2.44. The topological polar surface area (TPSA) is 466 Å². The second-order valence-electron chi connectivity index (χ2n) is 31.5. The van der Waals surface area contributed by atoms with Gasteiger partial charge in [0.05, 0.1) is 104 Å².